The van der Waals surface area contributed by atoms with E-state index in [-0.39, 0.29) is 6.04 Å². The first-order valence-electron chi connectivity index (χ1n) is 6.13. The lowest BCUT2D eigenvalue weighted by atomic mass is 10.0. The molecular formula is C15H19NO2. The number of hydrogen-bond donors (Lipinski definition) is 1. The number of benzene rings is 2. The molecule has 18 heavy (non-hydrogen) atoms. The Hall–Kier alpha value is -1.58. The quantitative estimate of drug-likeness (QED) is 0.824. The van der Waals surface area contributed by atoms with Crippen LogP contribution in [-0.4, -0.2) is 20.3 Å². The highest BCUT2D eigenvalue weighted by Crippen LogP contribution is 2.32. The Bertz CT molecular complexity index is 523. The van der Waals surface area contributed by atoms with Crippen LogP contribution in [0.3, 0.4) is 0 Å². The minimum absolute atomic E-state index is 0.0489. The molecule has 0 aliphatic carbocycles. The summed E-state index contributed by atoms with van der Waals surface area (Å²) in [5, 5.41) is 2.26. The lowest BCUT2D eigenvalue weighted by molar-refractivity contribution is 0.146. The number of ether oxygens (including phenoxy) is 2. The molecule has 0 heterocycles. The maximum atomic E-state index is 6.00. The standard InChI is InChI=1S/C15H19NO2/c1-11(16)13-8-7-12-5-3-4-6-14(12)15(13)18-10-9-17-2/h3-8,11H,9-10,16H2,1-2H3/t11-/m1/s1. The van der Waals surface area contributed by atoms with E-state index in [4.69, 9.17) is 15.2 Å². The van der Waals surface area contributed by atoms with E-state index in [0.29, 0.717) is 13.2 Å². The molecule has 0 saturated carbocycles. The van der Waals surface area contributed by atoms with Crippen LogP contribution in [0.25, 0.3) is 10.8 Å². The summed E-state index contributed by atoms with van der Waals surface area (Å²) in [6.45, 7) is 3.07. The van der Waals surface area contributed by atoms with E-state index in [2.05, 4.69) is 18.2 Å². The Labute approximate surface area is 108 Å². The lowest BCUT2D eigenvalue weighted by Crippen LogP contribution is -2.11. The normalized spacial score (nSPS) is 12.6. The van der Waals surface area contributed by atoms with E-state index in [1.165, 1.54) is 0 Å². The van der Waals surface area contributed by atoms with E-state index in [1.807, 2.05) is 25.1 Å². The molecule has 3 heteroatoms. The van der Waals surface area contributed by atoms with Crippen molar-refractivity contribution in [1.82, 2.24) is 0 Å². The van der Waals surface area contributed by atoms with Gasteiger partial charge in [-0.2, -0.15) is 0 Å². The highest BCUT2D eigenvalue weighted by atomic mass is 16.5. The molecule has 0 bridgehead atoms. The third-order valence-electron chi connectivity index (χ3n) is 2.93. The van der Waals surface area contributed by atoms with Gasteiger partial charge in [0.25, 0.3) is 0 Å². The topological polar surface area (TPSA) is 44.5 Å². The van der Waals surface area contributed by atoms with E-state index < -0.39 is 0 Å². The van der Waals surface area contributed by atoms with Crippen molar-refractivity contribution in [3.05, 3.63) is 42.0 Å². The molecule has 2 N–H and O–H groups in total. The lowest BCUT2D eigenvalue weighted by Gasteiger charge is -2.16. The molecule has 0 aliphatic rings. The summed E-state index contributed by atoms with van der Waals surface area (Å²) >= 11 is 0. The molecule has 0 unspecified atom stereocenters. The second-order valence-corrected chi connectivity index (χ2v) is 4.33. The summed E-state index contributed by atoms with van der Waals surface area (Å²) in [5.74, 6) is 0.875. The van der Waals surface area contributed by atoms with Crippen molar-refractivity contribution in [2.24, 2.45) is 5.73 Å². The molecule has 0 spiro atoms. The Morgan fingerprint density at radius 1 is 1.11 bits per heavy atom. The van der Waals surface area contributed by atoms with Gasteiger partial charge in [-0.05, 0) is 12.3 Å². The molecule has 1 atom stereocenters. The van der Waals surface area contributed by atoms with Gasteiger partial charge in [0.05, 0.1) is 6.61 Å². The minimum atomic E-state index is -0.0489. The van der Waals surface area contributed by atoms with Gasteiger partial charge in [0, 0.05) is 24.1 Å². The zero-order chi connectivity index (χ0) is 13.0. The van der Waals surface area contributed by atoms with Gasteiger partial charge in [0.1, 0.15) is 12.4 Å². The van der Waals surface area contributed by atoms with Gasteiger partial charge in [0.2, 0.25) is 0 Å². The van der Waals surface area contributed by atoms with Crippen molar-refractivity contribution in [3.8, 4) is 5.75 Å². The van der Waals surface area contributed by atoms with Crippen LogP contribution in [0.1, 0.15) is 18.5 Å². The van der Waals surface area contributed by atoms with E-state index >= 15 is 0 Å². The van der Waals surface area contributed by atoms with Gasteiger partial charge in [0.15, 0.2) is 0 Å². The number of methoxy groups -OCH3 is 1. The molecule has 0 amide bonds. The van der Waals surface area contributed by atoms with Crippen molar-refractivity contribution in [3.63, 3.8) is 0 Å². The molecule has 2 aromatic carbocycles. The molecule has 0 aliphatic heterocycles. The SMILES string of the molecule is COCCOc1c([C@@H](C)N)ccc2ccccc12. The Morgan fingerprint density at radius 2 is 1.89 bits per heavy atom. The number of nitrogens with two attached hydrogens (primary N) is 1. The fourth-order valence-electron chi connectivity index (χ4n) is 2.01. The number of fused-ring (bicyclic) bond motifs is 1. The van der Waals surface area contributed by atoms with Crippen molar-refractivity contribution in [2.75, 3.05) is 20.3 Å². The van der Waals surface area contributed by atoms with Gasteiger partial charge >= 0.3 is 0 Å². The Kier molecular flexibility index (Phi) is 4.18. The molecular weight excluding hydrogens is 226 g/mol. The summed E-state index contributed by atoms with van der Waals surface area (Å²) < 4.78 is 10.9. The molecule has 2 aromatic rings. The summed E-state index contributed by atoms with van der Waals surface area (Å²) in [5.41, 5.74) is 7.03. The first-order valence-corrected chi connectivity index (χ1v) is 6.13. The maximum absolute atomic E-state index is 6.00. The van der Waals surface area contributed by atoms with Crippen LogP contribution in [0, 0.1) is 0 Å². The Balaban J connectivity index is 2.45. The third kappa shape index (κ3) is 2.63. The molecule has 2 rings (SSSR count). The third-order valence-corrected chi connectivity index (χ3v) is 2.93. The highest BCUT2D eigenvalue weighted by Gasteiger charge is 2.11. The maximum Gasteiger partial charge on any atom is 0.131 e. The van der Waals surface area contributed by atoms with Gasteiger partial charge in [-0.15, -0.1) is 0 Å². The van der Waals surface area contributed by atoms with Crippen LogP contribution in [0.2, 0.25) is 0 Å². The van der Waals surface area contributed by atoms with Crippen molar-refractivity contribution in [2.45, 2.75) is 13.0 Å². The summed E-state index contributed by atoms with van der Waals surface area (Å²) in [6.07, 6.45) is 0. The summed E-state index contributed by atoms with van der Waals surface area (Å²) in [6, 6.07) is 12.2. The largest absolute Gasteiger partial charge is 0.490 e. The van der Waals surface area contributed by atoms with Crippen LogP contribution in [-0.2, 0) is 4.74 Å². The minimum Gasteiger partial charge on any atom is -0.490 e. The fraction of sp³-hybridized carbons (Fsp3) is 0.333. The average molecular weight is 245 g/mol. The average Bonchev–Trinajstić information content (AvgIpc) is 2.38. The van der Waals surface area contributed by atoms with Crippen LogP contribution in [0.15, 0.2) is 36.4 Å². The van der Waals surface area contributed by atoms with Crippen LogP contribution >= 0.6 is 0 Å². The molecule has 96 valence electrons. The molecule has 0 radical (unpaired) electrons. The van der Waals surface area contributed by atoms with Gasteiger partial charge < -0.3 is 15.2 Å². The summed E-state index contributed by atoms with van der Waals surface area (Å²) in [7, 11) is 1.67. The van der Waals surface area contributed by atoms with Gasteiger partial charge in [-0.25, -0.2) is 0 Å². The van der Waals surface area contributed by atoms with Crippen molar-refractivity contribution >= 4 is 10.8 Å². The van der Waals surface area contributed by atoms with Crippen LogP contribution in [0.5, 0.6) is 5.75 Å². The van der Waals surface area contributed by atoms with E-state index in [9.17, 15) is 0 Å². The zero-order valence-corrected chi connectivity index (χ0v) is 10.8. The predicted molar refractivity (Wildman–Crippen MR) is 73.9 cm³/mol. The Morgan fingerprint density at radius 3 is 2.61 bits per heavy atom. The second kappa shape index (κ2) is 5.85. The smallest absolute Gasteiger partial charge is 0.131 e. The van der Waals surface area contributed by atoms with E-state index in [0.717, 1.165) is 22.1 Å². The highest BCUT2D eigenvalue weighted by molar-refractivity contribution is 5.89. The molecule has 3 nitrogen and oxygen atoms in total. The van der Waals surface area contributed by atoms with Gasteiger partial charge in [-0.1, -0.05) is 36.4 Å². The zero-order valence-electron chi connectivity index (χ0n) is 10.8. The predicted octanol–water partition coefficient (Wildman–Crippen LogP) is 2.88. The first-order chi connectivity index (χ1) is 8.74. The first kappa shape index (κ1) is 12.9. The molecule has 0 saturated heterocycles. The van der Waals surface area contributed by atoms with Crippen molar-refractivity contribution in [1.29, 1.82) is 0 Å². The fourth-order valence-corrected chi connectivity index (χ4v) is 2.01. The second-order valence-electron chi connectivity index (χ2n) is 4.33. The van der Waals surface area contributed by atoms with Gasteiger partial charge in [-0.3, -0.25) is 0 Å². The number of hydrogen-bond acceptors (Lipinski definition) is 3. The molecule has 0 aromatic heterocycles. The molecule has 0 fully saturated rings. The van der Waals surface area contributed by atoms with Crippen LogP contribution < -0.4 is 10.5 Å². The number of rotatable bonds is 5. The monoisotopic (exact) mass is 245 g/mol. The van der Waals surface area contributed by atoms with E-state index in [1.54, 1.807) is 7.11 Å². The summed E-state index contributed by atoms with van der Waals surface area (Å²) in [4.78, 5) is 0. The van der Waals surface area contributed by atoms with Crippen molar-refractivity contribution < 1.29 is 9.47 Å². The van der Waals surface area contributed by atoms with Crippen LogP contribution in [0.4, 0.5) is 0 Å².